The number of morpholine rings is 1. The predicted octanol–water partition coefficient (Wildman–Crippen LogP) is 2.97. The van der Waals surface area contributed by atoms with Gasteiger partial charge in [0.25, 0.3) is 0 Å². The van der Waals surface area contributed by atoms with Crippen LogP contribution in [0.5, 0.6) is 0 Å². The van der Waals surface area contributed by atoms with Crippen LogP contribution in [0.2, 0.25) is 0 Å². The molecule has 3 heteroatoms. The van der Waals surface area contributed by atoms with Gasteiger partial charge in [0.2, 0.25) is 0 Å². The van der Waals surface area contributed by atoms with E-state index in [1.54, 1.807) is 11.8 Å². The number of hydrogen-bond donors (Lipinski definition) is 0. The van der Waals surface area contributed by atoms with E-state index >= 15 is 0 Å². The van der Waals surface area contributed by atoms with E-state index in [-0.39, 0.29) is 0 Å². The van der Waals surface area contributed by atoms with E-state index in [1.807, 2.05) is 6.07 Å². The van der Waals surface area contributed by atoms with Crippen molar-refractivity contribution >= 4 is 11.8 Å². The van der Waals surface area contributed by atoms with Gasteiger partial charge < -0.3 is 9.64 Å². The molecule has 2 rings (SSSR count). The van der Waals surface area contributed by atoms with Crippen molar-refractivity contribution < 1.29 is 4.74 Å². The van der Waals surface area contributed by atoms with Crippen molar-refractivity contribution in [1.29, 1.82) is 0 Å². The second-order valence-corrected chi connectivity index (χ2v) is 4.73. The molecule has 1 aromatic rings. The monoisotopic (exact) mass is 235 g/mol. The summed E-state index contributed by atoms with van der Waals surface area (Å²) in [4.78, 5) is 3.66. The average Bonchev–Trinajstić information content (AvgIpc) is 2.38. The van der Waals surface area contributed by atoms with E-state index in [9.17, 15) is 0 Å². The number of benzene rings is 1. The van der Waals surface area contributed by atoms with Crippen molar-refractivity contribution in [2.45, 2.75) is 11.8 Å². The Labute approximate surface area is 101 Å². The molecule has 0 N–H and O–H groups in total. The van der Waals surface area contributed by atoms with Crippen LogP contribution in [0.1, 0.15) is 6.92 Å². The molecule has 86 valence electrons. The second kappa shape index (κ2) is 5.97. The van der Waals surface area contributed by atoms with Gasteiger partial charge in [-0.3, -0.25) is 0 Å². The van der Waals surface area contributed by atoms with Crippen LogP contribution in [0.4, 0.5) is 0 Å². The van der Waals surface area contributed by atoms with Crippen molar-refractivity contribution in [2.24, 2.45) is 0 Å². The smallest absolute Gasteiger partial charge is 0.0642 e. The Kier molecular flexibility index (Phi) is 4.31. The number of allylic oxidation sites excluding steroid dienone is 1. The molecule has 0 bridgehead atoms. The zero-order valence-corrected chi connectivity index (χ0v) is 10.4. The molecule has 1 saturated heterocycles. The molecule has 0 amide bonds. The molecular weight excluding hydrogens is 218 g/mol. The highest BCUT2D eigenvalue weighted by atomic mass is 32.2. The van der Waals surface area contributed by atoms with E-state index in [0.29, 0.717) is 0 Å². The maximum Gasteiger partial charge on any atom is 0.0642 e. The maximum absolute atomic E-state index is 5.34. The Morgan fingerprint density at radius 2 is 1.94 bits per heavy atom. The van der Waals surface area contributed by atoms with E-state index < -0.39 is 0 Å². The fraction of sp³-hybridized carbons (Fsp3) is 0.385. The summed E-state index contributed by atoms with van der Waals surface area (Å²) in [6, 6.07) is 10.4. The molecule has 0 unspecified atom stereocenters. The summed E-state index contributed by atoms with van der Waals surface area (Å²) in [6.07, 6.45) is 0. The highest BCUT2D eigenvalue weighted by molar-refractivity contribution is 8.02. The van der Waals surface area contributed by atoms with Gasteiger partial charge in [-0.2, -0.15) is 0 Å². The lowest BCUT2D eigenvalue weighted by molar-refractivity contribution is 0.0539. The first-order valence-corrected chi connectivity index (χ1v) is 6.45. The summed E-state index contributed by atoms with van der Waals surface area (Å²) < 4.78 is 5.34. The standard InChI is InChI=1S/C13H17NOS/c1-12(14-7-9-15-10-8-14)11-16-13-5-3-2-4-6-13/h2-6,11H,7-10H2,1H3/b12-11-. The molecule has 0 spiro atoms. The lowest BCUT2D eigenvalue weighted by atomic mass is 10.4. The van der Waals surface area contributed by atoms with Crippen molar-refractivity contribution in [1.82, 2.24) is 4.90 Å². The Morgan fingerprint density at radius 1 is 1.25 bits per heavy atom. The summed E-state index contributed by atoms with van der Waals surface area (Å²) in [5.41, 5.74) is 1.33. The van der Waals surface area contributed by atoms with Gasteiger partial charge in [0.05, 0.1) is 13.2 Å². The van der Waals surface area contributed by atoms with Crippen molar-refractivity contribution in [3.8, 4) is 0 Å². The van der Waals surface area contributed by atoms with Crippen molar-refractivity contribution in [2.75, 3.05) is 26.3 Å². The molecule has 1 heterocycles. The van der Waals surface area contributed by atoms with Crippen LogP contribution >= 0.6 is 11.8 Å². The first-order chi connectivity index (χ1) is 7.86. The molecule has 1 aliphatic rings. The van der Waals surface area contributed by atoms with Gasteiger partial charge >= 0.3 is 0 Å². The molecule has 1 fully saturated rings. The van der Waals surface area contributed by atoms with E-state index in [1.165, 1.54) is 10.6 Å². The summed E-state index contributed by atoms with van der Waals surface area (Å²) in [7, 11) is 0. The third-order valence-electron chi connectivity index (χ3n) is 2.62. The number of rotatable bonds is 3. The molecule has 2 nitrogen and oxygen atoms in total. The van der Waals surface area contributed by atoms with E-state index in [0.717, 1.165) is 26.3 Å². The van der Waals surface area contributed by atoms with Gasteiger partial charge in [-0.15, -0.1) is 0 Å². The normalized spacial score (nSPS) is 17.6. The lowest BCUT2D eigenvalue weighted by Crippen LogP contribution is -2.34. The number of thioether (sulfide) groups is 1. The van der Waals surface area contributed by atoms with Crippen LogP contribution in [0.15, 0.2) is 46.3 Å². The SMILES string of the molecule is C/C(=C/Sc1ccccc1)N1CCOCC1. The van der Waals surface area contributed by atoms with Crippen LogP contribution in [-0.4, -0.2) is 31.2 Å². The van der Waals surface area contributed by atoms with E-state index in [2.05, 4.69) is 41.5 Å². The molecule has 1 aliphatic heterocycles. The topological polar surface area (TPSA) is 12.5 Å². The molecule has 16 heavy (non-hydrogen) atoms. The predicted molar refractivity (Wildman–Crippen MR) is 68.4 cm³/mol. The minimum atomic E-state index is 0.848. The largest absolute Gasteiger partial charge is 0.378 e. The minimum Gasteiger partial charge on any atom is -0.378 e. The van der Waals surface area contributed by atoms with Gasteiger partial charge in [0.15, 0.2) is 0 Å². The molecular formula is C13H17NOS. The fourth-order valence-electron chi connectivity index (χ4n) is 1.64. The highest BCUT2D eigenvalue weighted by Gasteiger charge is 2.09. The number of hydrogen-bond acceptors (Lipinski definition) is 3. The van der Waals surface area contributed by atoms with Crippen LogP contribution < -0.4 is 0 Å². The molecule has 0 radical (unpaired) electrons. The molecule has 0 saturated carbocycles. The van der Waals surface area contributed by atoms with Crippen LogP contribution in [0.25, 0.3) is 0 Å². The Balaban J connectivity index is 1.91. The fourth-order valence-corrected chi connectivity index (χ4v) is 2.41. The quantitative estimate of drug-likeness (QED) is 0.747. The lowest BCUT2D eigenvalue weighted by Gasteiger charge is -2.29. The van der Waals surface area contributed by atoms with Crippen LogP contribution in [0.3, 0.4) is 0 Å². The Bertz CT molecular complexity index is 344. The van der Waals surface area contributed by atoms with Gasteiger partial charge in [-0.25, -0.2) is 0 Å². The van der Waals surface area contributed by atoms with Crippen molar-refractivity contribution in [3.05, 3.63) is 41.4 Å². The molecule has 1 aromatic carbocycles. The summed E-state index contributed by atoms with van der Waals surface area (Å²) >= 11 is 1.78. The van der Waals surface area contributed by atoms with Crippen LogP contribution in [-0.2, 0) is 4.74 Å². The number of nitrogens with zero attached hydrogens (tertiary/aromatic N) is 1. The molecule has 0 atom stereocenters. The maximum atomic E-state index is 5.34. The van der Waals surface area contributed by atoms with Gasteiger partial charge in [-0.05, 0) is 24.5 Å². The highest BCUT2D eigenvalue weighted by Crippen LogP contribution is 2.21. The summed E-state index contributed by atoms with van der Waals surface area (Å²) in [5.74, 6) is 0. The first kappa shape index (κ1) is 11.6. The van der Waals surface area contributed by atoms with E-state index in [4.69, 9.17) is 4.74 Å². The summed E-state index contributed by atoms with van der Waals surface area (Å²) in [6.45, 7) is 5.89. The first-order valence-electron chi connectivity index (χ1n) is 5.57. The molecule has 0 aromatic heterocycles. The van der Waals surface area contributed by atoms with Crippen molar-refractivity contribution in [3.63, 3.8) is 0 Å². The number of ether oxygens (including phenoxy) is 1. The average molecular weight is 235 g/mol. The minimum absolute atomic E-state index is 0.848. The summed E-state index contributed by atoms with van der Waals surface area (Å²) in [5, 5.41) is 2.22. The van der Waals surface area contributed by atoms with Gasteiger partial charge in [0, 0.05) is 23.7 Å². The zero-order valence-electron chi connectivity index (χ0n) is 9.56. The molecule has 0 aliphatic carbocycles. The second-order valence-electron chi connectivity index (χ2n) is 3.79. The third-order valence-corrected chi connectivity index (χ3v) is 3.62. The zero-order chi connectivity index (χ0) is 11.2. The van der Waals surface area contributed by atoms with Crippen LogP contribution in [0, 0.1) is 0 Å². The van der Waals surface area contributed by atoms with Gasteiger partial charge in [0.1, 0.15) is 0 Å². The Morgan fingerprint density at radius 3 is 2.62 bits per heavy atom. The van der Waals surface area contributed by atoms with Gasteiger partial charge in [-0.1, -0.05) is 30.0 Å². The Hall–Kier alpha value is -0.930. The third kappa shape index (κ3) is 3.29.